The van der Waals surface area contributed by atoms with E-state index >= 15 is 0 Å². The molecule has 1 aromatic rings. The van der Waals surface area contributed by atoms with E-state index < -0.39 is 0 Å². The maximum atomic E-state index is 12.5. The molecule has 0 radical (unpaired) electrons. The Bertz CT molecular complexity index is 529. The number of piperidine rings is 1. The zero-order valence-corrected chi connectivity index (χ0v) is 14.0. The van der Waals surface area contributed by atoms with Gasteiger partial charge in [0.25, 0.3) is 0 Å². The quantitative estimate of drug-likeness (QED) is 0.927. The van der Waals surface area contributed by atoms with Crippen molar-refractivity contribution in [1.82, 2.24) is 9.88 Å². The fourth-order valence-corrected chi connectivity index (χ4v) is 3.51. The number of ether oxygens (including phenoxy) is 1. The van der Waals surface area contributed by atoms with Gasteiger partial charge in [0, 0.05) is 25.9 Å². The normalized spacial score (nSPS) is 26.0. The summed E-state index contributed by atoms with van der Waals surface area (Å²) in [6, 6.07) is 3.85. The third-order valence-electron chi connectivity index (χ3n) is 4.86. The maximum Gasteiger partial charge on any atom is 0.229 e. The fourth-order valence-electron chi connectivity index (χ4n) is 3.51. The molecule has 0 spiro atoms. The van der Waals surface area contributed by atoms with Crippen LogP contribution in [0.3, 0.4) is 0 Å². The molecular weight excluding hydrogens is 290 g/mol. The van der Waals surface area contributed by atoms with E-state index in [0.717, 1.165) is 51.1 Å². The van der Waals surface area contributed by atoms with E-state index in [0.29, 0.717) is 11.9 Å². The summed E-state index contributed by atoms with van der Waals surface area (Å²) in [6.07, 6.45) is 7.71. The van der Waals surface area contributed by atoms with Gasteiger partial charge in [0.1, 0.15) is 5.82 Å². The van der Waals surface area contributed by atoms with Gasteiger partial charge in [-0.15, -0.1) is 0 Å². The zero-order valence-electron chi connectivity index (χ0n) is 14.0. The Balaban J connectivity index is 1.53. The van der Waals surface area contributed by atoms with Gasteiger partial charge in [0.05, 0.1) is 12.0 Å². The third-order valence-corrected chi connectivity index (χ3v) is 4.86. The van der Waals surface area contributed by atoms with E-state index in [-0.39, 0.29) is 11.8 Å². The molecule has 1 aromatic heterocycles. The highest BCUT2D eigenvalue weighted by atomic mass is 16.5. The second-order valence-corrected chi connectivity index (χ2v) is 6.75. The van der Waals surface area contributed by atoms with Gasteiger partial charge in [0.2, 0.25) is 5.91 Å². The molecule has 0 unspecified atom stereocenters. The van der Waals surface area contributed by atoms with Crippen LogP contribution in [-0.4, -0.2) is 48.1 Å². The average molecular weight is 317 g/mol. The van der Waals surface area contributed by atoms with Crippen molar-refractivity contribution in [3.05, 3.63) is 23.9 Å². The minimum absolute atomic E-state index is 0.0498. The number of carbonyl (C=O) groups excluding carboxylic acids is 1. The van der Waals surface area contributed by atoms with Gasteiger partial charge >= 0.3 is 0 Å². The van der Waals surface area contributed by atoms with Gasteiger partial charge in [-0.25, -0.2) is 4.98 Å². The number of aromatic nitrogens is 1. The highest BCUT2D eigenvalue weighted by Gasteiger charge is 2.28. The van der Waals surface area contributed by atoms with Crippen molar-refractivity contribution in [3.8, 4) is 0 Å². The minimum atomic E-state index is 0.0498. The molecule has 1 N–H and O–H groups in total. The molecule has 2 aliphatic rings. The van der Waals surface area contributed by atoms with Crippen LogP contribution in [0.1, 0.15) is 37.7 Å². The summed E-state index contributed by atoms with van der Waals surface area (Å²) in [5.41, 5.74) is 1.00. The van der Waals surface area contributed by atoms with Crippen LogP contribution in [0.4, 0.5) is 5.82 Å². The van der Waals surface area contributed by atoms with E-state index in [1.165, 1.54) is 12.8 Å². The number of anilines is 1. The molecule has 2 aliphatic heterocycles. The van der Waals surface area contributed by atoms with Gasteiger partial charge in [-0.05, 0) is 57.2 Å². The topological polar surface area (TPSA) is 54.5 Å². The molecule has 3 rings (SSSR count). The molecule has 0 saturated carbocycles. The lowest BCUT2D eigenvalue weighted by atomic mass is 9.96. The van der Waals surface area contributed by atoms with Gasteiger partial charge in [0.15, 0.2) is 0 Å². The standard InChI is InChI=1S/C18H27N3O2/c1-14-6-4-9-19-17(14)20-18(22)15-7-5-10-21(12-15)13-16-8-2-3-11-23-16/h4,6,9,15-16H,2-3,5,7-8,10-13H2,1H3,(H,19,20,22)/t15-,16-/m1/s1. The van der Waals surface area contributed by atoms with Crippen molar-refractivity contribution in [2.24, 2.45) is 5.92 Å². The average Bonchev–Trinajstić information content (AvgIpc) is 2.58. The number of hydrogen-bond acceptors (Lipinski definition) is 4. The molecule has 2 saturated heterocycles. The third kappa shape index (κ3) is 4.52. The molecule has 5 nitrogen and oxygen atoms in total. The lowest BCUT2D eigenvalue weighted by Crippen LogP contribution is -2.44. The second-order valence-electron chi connectivity index (χ2n) is 6.75. The number of rotatable bonds is 4. The zero-order chi connectivity index (χ0) is 16.1. The van der Waals surface area contributed by atoms with Crippen molar-refractivity contribution < 1.29 is 9.53 Å². The van der Waals surface area contributed by atoms with E-state index in [1.807, 2.05) is 19.1 Å². The number of nitrogens with one attached hydrogen (secondary N) is 1. The molecule has 2 fully saturated rings. The van der Waals surface area contributed by atoms with Crippen LogP contribution < -0.4 is 5.32 Å². The van der Waals surface area contributed by atoms with Gasteiger partial charge in [-0.2, -0.15) is 0 Å². The van der Waals surface area contributed by atoms with Crippen LogP contribution in [-0.2, 0) is 9.53 Å². The number of pyridine rings is 1. The highest BCUT2D eigenvalue weighted by Crippen LogP contribution is 2.21. The predicted molar refractivity (Wildman–Crippen MR) is 90.4 cm³/mol. The summed E-state index contributed by atoms with van der Waals surface area (Å²) >= 11 is 0. The summed E-state index contributed by atoms with van der Waals surface area (Å²) in [5, 5.41) is 3.00. The summed E-state index contributed by atoms with van der Waals surface area (Å²) in [6.45, 7) is 5.73. The van der Waals surface area contributed by atoms with Crippen LogP contribution in [0.25, 0.3) is 0 Å². The number of likely N-dealkylation sites (tertiary alicyclic amines) is 1. The Morgan fingerprint density at radius 2 is 2.30 bits per heavy atom. The van der Waals surface area contributed by atoms with Gasteiger partial charge in [-0.1, -0.05) is 6.07 Å². The Kier molecular flexibility index (Phi) is 5.62. The summed E-state index contributed by atoms with van der Waals surface area (Å²) in [5.74, 6) is 0.833. The molecule has 2 atom stereocenters. The van der Waals surface area contributed by atoms with Crippen molar-refractivity contribution >= 4 is 11.7 Å². The maximum absolute atomic E-state index is 12.5. The molecule has 23 heavy (non-hydrogen) atoms. The number of carbonyl (C=O) groups is 1. The van der Waals surface area contributed by atoms with Crippen molar-refractivity contribution in [2.75, 3.05) is 31.6 Å². The van der Waals surface area contributed by atoms with Crippen molar-refractivity contribution in [3.63, 3.8) is 0 Å². The predicted octanol–water partition coefficient (Wildman–Crippen LogP) is 2.61. The van der Waals surface area contributed by atoms with Crippen LogP contribution in [0.15, 0.2) is 18.3 Å². The molecular formula is C18H27N3O2. The highest BCUT2D eigenvalue weighted by molar-refractivity contribution is 5.92. The summed E-state index contributed by atoms with van der Waals surface area (Å²) in [4.78, 5) is 19.2. The molecule has 126 valence electrons. The second kappa shape index (κ2) is 7.88. The van der Waals surface area contributed by atoms with E-state index in [9.17, 15) is 4.79 Å². The Morgan fingerprint density at radius 1 is 1.39 bits per heavy atom. The first-order valence-electron chi connectivity index (χ1n) is 8.79. The number of nitrogens with zero attached hydrogens (tertiary/aromatic N) is 2. The number of amides is 1. The molecule has 1 amide bonds. The Morgan fingerprint density at radius 3 is 3.09 bits per heavy atom. The fraction of sp³-hybridized carbons (Fsp3) is 0.667. The van der Waals surface area contributed by atoms with E-state index in [4.69, 9.17) is 4.74 Å². The largest absolute Gasteiger partial charge is 0.377 e. The first-order chi connectivity index (χ1) is 11.2. The first-order valence-corrected chi connectivity index (χ1v) is 8.79. The van der Waals surface area contributed by atoms with Gasteiger partial charge < -0.3 is 10.1 Å². The molecule has 0 bridgehead atoms. The van der Waals surface area contributed by atoms with Crippen LogP contribution in [0, 0.1) is 12.8 Å². The lowest BCUT2D eigenvalue weighted by Gasteiger charge is -2.35. The Hall–Kier alpha value is -1.46. The first kappa shape index (κ1) is 16.4. The molecule has 0 aliphatic carbocycles. The summed E-state index contributed by atoms with van der Waals surface area (Å²) < 4.78 is 5.84. The van der Waals surface area contributed by atoms with Gasteiger partial charge in [-0.3, -0.25) is 9.69 Å². The van der Waals surface area contributed by atoms with Crippen molar-refractivity contribution in [2.45, 2.75) is 45.1 Å². The van der Waals surface area contributed by atoms with E-state index in [2.05, 4.69) is 15.2 Å². The smallest absolute Gasteiger partial charge is 0.229 e. The lowest BCUT2D eigenvalue weighted by molar-refractivity contribution is -0.122. The molecule has 3 heterocycles. The minimum Gasteiger partial charge on any atom is -0.377 e. The Labute approximate surface area is 138 Å². The van der Waals surface area contributed by atoms with Crippen molar-refractivity contribution in [1.29, 1.82) is 0 Å². The van der Waals surface area contributed by atoms with Crippen LogP contribution >= 0.6 is 0 Å². The van der Waals surface area contributed by atoms with Crippen LogP contribution in [0.2, 0.25) is 0 Å². The molecule has 5 heteroatoms. The number of aryl methyl sites for hydroxylation is 1. The van der Waals surface area contributed by atoms with Crippen LogP contribution in [0.5, 0.6) is 0 Å². The summed E-state index contributed by atoms with van der Waals surface area (Å²) in [7, 11) is 0. The number of hydrogen-bond donors (Lipinski definition) is 1. The molecule has 0 aromatic carbocycles. The SMILES string of the molecule is Cc1cccnc1NC(=O)[C@@H]1CCCN(C[C@H]2CCCCO2)C1. The van der Waals surface area contributed by atoms with E-state index in [1.54, 1.807) is 6.20 Å². The monoisotopic (exact) mass is 317 g/mol.